The number of methoxy groups -OCH3 is 3. The molecule has 1 N–H and O–H groups in total. The molecular weight excluding hydrogens is 404 g/mol. The predicted molar refractivity (Wildman–Crippen MR) is 115 cm³/mol. The maximum Gasteiger partial charge on any atom is 0.230 e. The summed E-state index contributed by atoms with van der Waals surface area (Å²) in [5, 5.41) is 15.4. The van der Waals surface area contributed by atoms with Gasteiger partial charge in [-0.2, -0.15) is 4.52 Å². The van der Waals surface area contributed by atoms with Crippen LogP contribution in [0.3, 0.4) is 0 Å². The number of ether oxygens (including phenoxy) is 3. The average molecular weight is 433 g/mol. The number of nitrogens with zero attached hydrogens (tertiary/aromatic N) is 4. The molecule has 3 aromatic rings. The van der Waals surface area contributed by atoms with Crippen LogP contribution in [0.2, 0.25) is 0 Å². The van der Waals surface area contributed by atoms with E-state index in [4.69, 9.17) is 14.2 Å². The van der Waals surface area contributed by atoms with Crippen LogP contribution in [-0.4, -0.2) is 59.0 Å². The van der Waals surface area contributed by atoms with Crippen molar-refractivity contribution in [3.8, 4) is 23.1 Å². The van der Waals surface area contributed by atoms with E-state index in [2.05, 4.69) is 15.0 Å². The minimum absolute atomic E-state index is 0.127. The lowest BCUT2D eigenvalue weighted by Crippen LogP contribution is -2.30. The fraction of sp³-hybridized carbons (Fsp3) is 0.524. The van der Waals surface area contributed by atoms with Crippen molar-refractivity contribution in [2.45, 2.75) is 38.6 Å². The maximum atomic E-state index is 11.1. The van der Waals surface area contributed by atoms with Crippen LogP contribution in [0.5, 0.6) is 23.1 Å². The molecule has 0 spiro atoms. The van der Waals surface area contributed by atoms with Crippen LogP contribution in [0.15, 0.2) is 12.1 Å². The van der Waals surface area contributed by atoms with E-state index in [9.17, 15) is 5.11 Å². The Balaban J connectivity index is 1.91. The number of fused-ring (bicyclic) bond motifs is 1. The van der Waals surface area contributed by atoms with Crippen LogP contribution in [0.1, 0.15) is 48.0 Å². The van der Waals surface area contributed by atoms with E-state index in [-0.39, 0.29) is 11.9 Å². The molecule has 1 saturated heterocycles. The van der Waals surface area contributed by atoms with Crippen molar-refractivity contribution in [3.05, 3.63) is 28.4 Å². The Labute approximate surface area is 180 Å². The first-order valence-corrected chi connectivity index (χ1v) is 11.0. The Bertz CT molecular complexity index is 1020. The maximum absolute atomic E-state index is 11.1. The molecule has 9 heteroatoms. The third-order valence-corrected chi connectivity index (χ3v) is 6.66. The molecule has 8 nitrogen and oxygen atoms in total. The smallest absolute Gasteiger partial charge is 0.230 e. The van der Waals surface area contributed by atoms with E-state index in [1.807, 2.05) is 19.1 Å². The van der Waals surface area contributed by atoms with Crippen molar-refractivity contribution in [2.24, 2.45) is 0 Å². The van der Waals surface area contributed by atoms with E-state index >= 15 is 0 Å². The molecule has 30 heavy (non-hydrogen) atoms. The third-order valence-electron chi connectivity index (χ3n) is 5.59. The second kappa shape index (κ2) is 8.69. The summed E-state index contributed by atoms with van der Waals surface area (Å²) in [5.74, 6) is 2.53. The lowest BCUT2D eigenvalue weighted by Gasteiger charge is -2.31. The Morgan fingerprint density at radius 1 is 1.00 bits per heavy atom. The standard InChI is InChI=1S/C21H28N4O4S/c1-13-22-21-25(23-13)20(26)19(30-21)16(24-11-7-5-6-8-12-24)14-9-10-15(27-2)18(29-4)17(14)28-3/h9-10,16,26H,5-8,11-12H2,1-4H3/t16-/m0/s1. The molecule has 0 amide bonds. The summed E-state index contributed by atoms with van der Waals surface area (Å²) in [6, 6.07) is 3.68. The van der Waals surface area contributed by atoms with Gasteiger partial charge in [0.25, 0.3) is 0 Å². The first-order chi connectivity index (χ1) is 14.6. The van der Waals surface area contributed by atoms with Crippen LogP contribution in [0, 0.1) is 6.92 Å². The van der Waals surface area contributed by atoms with Crippen molar-refractivity contribution in [1.82, 2.24) is 19.5 Å². The van der Waals surface area contributed by atoms with Crippen molar-refractivity contribution in [1.29, 1.82) is 0 Å². The zero-order chi connectivity index (χ0) is 21.3. The highest BCUT2D eigenvalue weighted by Crippen LogP contribution is 2.48. The summed E-state index contributed by atoms with van der Waals surface area (Å²) in [7, 11) is 4.85. The number of aromatic nitrogens is 3. The number of aryl methyl sites for hydroxylation is 1. The first-order valence-electron chi connectivity index (χ1n) is 10.2. The first kappa shape index (κ1) is 20.7. The topological polar surface area (TPSA) is 81.4 Å². The van der Waals surface area contributed by atoms with Gasteiger partial charge in [0.2, 0.25) is 16.6 Å². The molecule has 1 atom stereocenters. The van der Waals surface area contributed by atoms with Crippen LogP contribution >= 0.6 is 11.3 Å². The molecule has 2 aromatic heterocycles. The van der Waals surface area contributed by atoms with E-state index in [0.29, 0.717) is 28.0 Å². The molecular formula is C21H28N4O4S. The largest absolute Gasteiger partial charge is 0.493 e. The molecule has 1 fully saturated rings. The molecule has 3 heterocycles. The molecule has 1 aliphatic heterocycles. The van der Waals surface area contributed by atoms with Gasteiger partial charge in [-0.05, 0) is 45.0 Å². The molecule has 0 aliphatic carbocycles. The quantitative estimate of drug-likeness (QED) is 0.634. The van der Waals surface area contributed by atoms with Gasteiger partial charge >= 0.3 is 0 Å². The fourth-order valence-corrected chi connectivity index (χ4v) is 5.38. The average Bonchev–Trinajstić information content (AvgIpc) is 3.11. The van der Waals surface area contributed by atoms with Crippen LogP contribution < -0.4 is 14.2 Å². The van der Waals surface area contributed by atoms with Gasteiger partial charge in [-0.25, -0.2) is 4.98 Å². The summed E-state index contributed by atoms with van der Waals surface area (Å²) in [6.07, 6.45) is 4.67. The van der Waals surface area contributed by atoms with Crippen LogP contribution in [0.4, 0.5) is 0 Å². The van der Waals surface area contributed by atoms with Crippen LogP contribution in [0.25, 0.3) is 4.96 Å². The third kappa shape index (κ3) is 3.56. The Kier molecular flexibility index (Phi) is 6.01. The highest BCUT2D eigenvalue weighted by molar-refractivity contribution is 7.17. The van der Waals surface area contributed by atoms with Crippen molar-refractivity contribution >= 4 is 16.3 Å². The Hall–Kier alpha value is -2.52. The summed E-state index contributed by atoms with van der Waals surface area (Å²) < 4.78 is 18.4. The fourth-order valence-electron chi connectivity index (χ4n) is 4.22. The van der Waals surface area contributed by atoms with Gasteiger partial charge in [-0.1, -0.05) is 24.2 Å². The number of benzene rings is 1. The van der Waals surface area contributed by atoms with Crippen molar-refractivity contribution in [3.63, 3.8) is 0 Å². The normalized spacial score (nSPS) is 16.4. The molecule has 0 bridgehead atoms. The van der Waals surface area contributed by atoms with E-state index in [1.54, 1.807) is 21.3 Å². The zero-order valence-corrected chi connectivity index (χ0v) is 18.7. The molecule has 0 radical (unpaired) electrons. The van der Waals surface area contributed by atoms with Gasteiger partial charge in [0.05, 0.1) is 32.2 Å². The second-order valence-electron chi connectivity index (χ2n) is 7.42. The summed E-state index contributed by atoms with van der Waals surface area (Å²) in [6.45, 7) is 3.70. The van der Waals surface area contributed by atoms with Gasteiger partial charge < -0.3 is 19.3 Å². The number of rotatable bonds is 6. The van der Waals surface area contributed by atoms with Crippen LogP contribution in [-0.2, 0) is 0 Å². The summed E-state index contributed by atoms with van der Waals surface area (Å²) >= 11 is 1.46. The monoisotopic (exact) mass is 432 g/mol. The highest BCUT2D eigenvalue weighted by atomic mass is 32.1. The lowest BCUT2D eigenvalue weighted by molar-refractivity contribution is 0.226. The summed E-state index contributed by atoms with van der Waals surface area (Å²) in [4.78, 5) is 8.35. The highest BCUT2D eigenvalue weighted by Gasteiger charge is 2.33. The minimum atomic E-state index is -0.202. The number of hydrogen-bond donors (Lipinski definition) is 1. The van der Waals surface area contributed by atoms with Gasteiger partial charge in [0.1, 0.15) is 5.82 Å². The van der Waals surface area contributed by atoms with Gasteiger partial charge in [0, 0.05) is 5.56 Å². The van der Waals surface area contributed by atoms with Gasteiger partial charge in [-0.3, -0.25) is 4.90 Å². The molecule has 4 rings (SSSR count). The number of hydrogen-bond acceptors (Lipinski definition) is 8. The summed E-state index contributed by atoms with van der Waals surface area (Å²) in [5.41, 5.74) is 0.925. The lowest BCUT2D eigenvalue weighted by atomic mass is 10.0. The minimum Gasteiger partial charge on any atom is -0.493 e. The Morgan fingerprint density at radius 3 is 2.30 bits per heavy atom. The molecule has 0 unspecified atom stereocenters. The molecule has 162 valence electrons. The molecule has 1 aliphatic rings. The number of thiazole rings is 1. The molecule has 1 aromatic carbocycles. The van der Waals surface area contributed by atoms with Gasteiger partial charge in [-0.15, -0.1) is 5.10 Å². The zero-order valence-electron chi connectivity index (χ0n) is 17.8. The predicted octanol–water partition coefficient (Wildman–Crippen LogP) is 3.80. The van der Waals surface area contributed by atoms with E-state index in [1.165, 1.54) is 28.7 Å². The van der Waals surface area contributed by atoms with E-state index in [0.717, 1.165) is 36.4 Å². The van der Waals surface area contributed by atoms with E-state index < -0.39 is 0 Å². The SMILES string of the molecule is COc1ccc([C@@H](c2sc3nc(C)nn3c2O)N2CCCCCC2)c(OC)c1OC. The Morgan fingerprint density at radius 2 is 1.70 bits per heavy atom. The molecule has 0 saturated carbocycles. The van der Waals surface area contributed by atoms with Crippen molar-refractivity contribution in [2.75, 3.05) is 34.4 Å². The number of aromatic hydroxyl groups is 1. The number of likely N-dealkylation sites (tertiary alicyclic amines) is 1. The van der Waals surface area contributed by atoms with Crippen molar-refractivity contribution < 1.29 is 19.3 Å². The second-order valence-corrected chi connectivity index (χ2v) is 8.43. The van der Waals surface area contributed by atoms with Gasteiger partial charge in [0.15, 0.2) is 11.5 Å².